The Hall–Kier alpha value is -2.16. The lowest BCUT2D eigenvalue weighted by atomic mass is 10.1. The van der Waals surface area contributed by atoms with E-state index in [1.807, 2.05) is 30.3 Å². The van der Waals surface area contributed by atoms with Gasteiger partial charge < -0.3 is 9.64 Å². The Bertz CT molecular complexity index is 1040. The predicted octanol–water partition coefficient (Wildman–Crippen LogP) is 2.76. The average molecular weight is 463 g/mol. The number of hydrogen-bond acceptors (Lipinski definition) is 4. The van der Waals surface area contributed by atoms with Gasteiger partial charge in [0.2, 0.25) is 10.0 Å². The summed E-state index contributed by atoms with van der Waals surface area (Å²) >= 11 is 3.31. The van der Waals surface area contributed by atoms with E-state index >= 15 is 0 Å². The molecule has 2 aliphatic heterocycles. The molecule has 0 radical (unpaired) electrons. The highest BCUT2D eigenvalue weighted by Crippen LogP contribution is 2.27. The lowest BCUT2D eigenvalue weighted by Gasteiger charge is -2.34. The first-order valence-corrected chi connectivity index (χ1v) is 11.2. The van der Waals surface area contributed by atoms with Crippen molar-refractivity contribution in [2.45, 2.75) is 4.90 Å². The second kappa shape index (κ2) is 7.69. The highest BCUT2D eigenvalue weighted by Gasteiger charge is 2.31. The number of fused-ring (bicyclic) bond motifs is 1. The molecule has 4 rings (SSSR count). The Morgan fingerprint density at radius 1 is 1.00 bits per heavy atom. The standard InChI is InChI=1S/C20H19BrN2O4S/c21-17-5-3-6-18(13-17)28(25,26)23-10-8-22(9-11-23)20(24)16-12-15-4-1-2-7-19(15)27-14-16/h1-7,12-13H,8-11,14H2. The highest BCUT2D eigenvalue weighted by molar-refractivity contribution is 9.10. The molecule has 0 unspecified atom stereocenters. The van der Waals surface area contributed by atoms with Crippen molar-refractivity contribution in [3.8, 4) is 5.75 Å². The fourth-order valence-electron chi connectivity index (χ4n) is 3.35. The lowest BCUT2D eigenvalue weighted by Crippen LogP contribution is -2.51. The molecule has 28 heavy (non-hydrogen) atoms. The summed E-state index contributed by atoms with van der Waals surface area (Å²) < 4.78 is 33.5. The van der Waals surface area contributed by atoms with E-state index in [-0.39, 0.29) is 30.5 Å². The molecule has 2 aromatic rings. The summed E-state index contributed by atoms with van der Waals surface area (Å²) in [6.45, 7) is 1.47. The third kappa shape index (κ3) is 3.72. The first-order chi connectivity index (χ1) is 13.4. The van der Waals surface area contributed by atoms with Crippen LogP contribution in [0.3, 0.4) is 0 Å². The summed E-state index contributed by atoms with van der Waals surface area (Å²) in [6.07, 6.45) is 1.85. The molecule has 0 aliphatic carbocycles. The van der Waals surface area contributed by atoms with Gasteiger partial charge in [0.05, 0.1) is 10.5 Å². The third-order valence-electron chi connectivity index (χ3n) is 4.87. The van der Waals surface area contributed by atoms with Crippen LogP contribution in [0.4, 0.5) is 0 Å². The maximum Gasteiger partial charge on any atom is 0.253 e. The zero-order valence-corrected chi connectivity index (χ0v) is 17.4. The molecule has 0 N–H and O–H groups in total. The van der Waals surface area contributed by atoms with Crippen LogP contribution in [0.25, 0.3) is 6.08 Å². The Balaban J connectivity index is 1.45. The summed E-state index contributed by atoms with van der Waals surface area (Å²) in [5, 5.41) is 0. The normalized spacial score (nSPS) is 17.5. The number of sulfonamides is 1. The van der Waals surface area contributed by atoms with E-state index in [0.717, 1.165) is 11.3 Å². The van der Waals surface area contributed by atoms with Gasteiger partial charge in [-0.15, -0.1) is 0 Å². The molecule has 0 saturated carbocycles. The van der Waals surface area contributed by atoms with Gasteiger partial charge in [0.25, 0.3) is 5.91 Å². The minimum absolute atomic E-state index is 0.103. The first-order valence-electron chi connectivity index (χ1n) is 8.92. The topological polar surface area (TPSA) is 66.9 Å². The molecule has 0 atom stereocenters. The summed E-state index contributed by atoms with van der Waals surface area (Å²) in [7, 11) is -3.57. The smallest absolute Gasteiger partial charge is 0.253 e. The molecule has 1 amide bonds. The molecule has 2 heterocycles. The zero-order valence-electron chi connectivity index (χ0n) is 15.0. The molecule has 1 fully saturated rings. The van der Waals surface area contributed by atoms with Crippen molar-refractivity contribution in [1.82, 2.24) is 9.21 Å². The van der Waals surface area contributed by atoms with Crippen LogP contribution < -0.4 is 4.74 Å². The van der Waals surface area contributed by atoms with E-state index < -0.39 is 10.0 Å². The fraction of sp³-hybridized carbons (Fsp3) is 0.250. The predicted molar refractivity (Wildman–Crippen MR) is 109 cm³/mol. The minimum atomic E-state index is -3.57. The third-order valence-corrected chi connectivity index (χ3v) is 7.25. The number of para-hydroxylation sites is 1. The van der Waals surface area contributed by atoms with Crippen LogP contribution in [-0.2, 0) is 14.8 Å². The number of carbonyl (C=O) groups excluding carboxylic acids is 1. The van der Waals surface area contributed by atoms with Gasteiger partial charge in [-0.05, 0) is 30.3 Å². The van der Waals surface area contributed by atoms with Crippen molar-refractivity contribution < 1.29 is 17.9 Å². The number of ether oxygens (including phenoxy) is 1. The quantitative estimate of drug-likeness (QED) is 0.703. The number of carbonyl (C=O) groups is 1. The van der Waals surface area contributed by atoms with Crippen molar-refractivity contribution in [3.63, 3.8) is 0 Å². The zero-order chi connectivity index (χ0) is 19.7. The Labute approximate surface area is 172 Å². The fourth-order valence-corrected chi connectivity index (χ4v) is 5.37. The molecule has 0 spiro atoms. The molecule has 0 bridgehead atoms. The monoisotopic (exact) mass is 462 g/mol. The maximum atomic E-state index is 12.8. The molecule has 0 aromatic heterocycles. The van der Waals surface area contributed by atoms with Gasteiger partial charge >= 0.3 is 0 Å². The van der Waals surface area contributed by atoms with Gasteiger partial charge in [-0.3, -0.25) is 4.79 Å². The summed E-state index contributed by atoms with van der Waals surface area (Å²) in [5.74, 6) is 0.665. The lowest BCUT2D eigenvalue weighted by molar-refractivity contribution is -0.128. The first kappa shape index (κ1) is 19.2. The van der Waals surface area contributed by atoms with Gasteiger partial charge in [0, 0.05) is 36.2 Å². The SMILES string of the molecule is O=C(C1=Cc2ccccc2OC1)N1CCN(S(=O)(=O)c2cccc(Br)c2)CC1. The Morgan fingerprint density at radius 3 is 2.50 bits per heavy atom. The number of amides is 1. The van der Waals surface area contributed by atoms with E-state index in [0.29, 0.717) is 23.1 Å². The summed E-state index contributed by atoms with van der Waals surface area (Å²) in [5.41, 5.74) is 1.47. The number of halogens is 1. The number of piperazine rings is 1. The van der Waals surface area contributed by atoms with Crippen molar-refractivity contribution in [2.24, 2.45) is 0 Å². The Kier molecular flexibility index (Phi) is 5.27. The minimum Gasteiger partial charge on any atom is -0.488 e. The van der Waals surface area contributed by atoms with Gasteiger partial charge in [0.15, 0.2) is 0 Å². The number of benzene rings is 2. The van der Waals surface area contributed by atoms with E-state index in [1.165, 1.54) is 4.31 Å². The van der Waals surface area contributed by atoms with Crippen molar-refractivity contribution in [2.75, 3.05) is 32.8 Å². The van der Waals surface area contributed by atoms with Gasteiger partial charge in [0.1, 0.15) is 12.4 Å². The number of rotatable bonds is 3. The largest absolute Gasteiger partial charge is 0.488 e. The van der Waals surface area contributed by atoms with Crippen LogP contribution in [0.15, 0.2) is 63.5 Å². The van der Waals surface area contributed by atoms with Gasteiger partial charge in [-0.1, -0.05) is 40.2 Å². The second-order valence-electron chi connectivity index (χ2n) is 6.65. The summed E-state index contributed by atoms with van der Waals surface area (Å²) in [4.78, 5) is 14.8. The highest BCUT2D eigenvalue weighted by atomic mass is 79.9. The van der Waals surface area contributed by atoms with Crippen LogP contribution in [0.2, 0.25) is 0 Å². The van der Waals surface area contributed by atoms with Crippen molar-refractivity contribution in [1.29, 1.82) is 0 Å². The van der Waals surface area contributed by atoms with E-state index in [4.69, 9.17) is 4.74 Å². The van der Waals surface area contributed by atoms with E-state index in [9.17, 15) is 13.2 Å². The number of nitrogens with zero attached hydrogens (tertiary/aromatic N) is 2. The Morgan fingerprint density at radius 2 is 1.75 bits per heavy atom. The number of hydrogen-bond donors (Lipinski definition) is 0. The molecule has 146 valence electrons. The van der Waals surface area contributed by atoms with Crippen LogP contribution in [0.5, 0.6) is 5.75 Å². The van der Waals surface area contributed by atoms with Crippen LogP contribution in [-0.4, -0.2) is 56.3 Å². The van der Waals surface area contributed by atoms with E-state index in [2.05, 4.69) is 15.9 Å². The van der Waals surface area contributed by atoms with Gasteiger partial charge in [-0.2, -0.15) is 4.31 Å². The summed E-state index contributed by atoms with van der Waals surface area (Å²) in [6, 6.07) is 14.2. The van der Waals surface area contributed by atoms with Crippen LogP contribution in [0, 0.1) is 0 Å². The van der Waals surface area contributed by atoms with Crippen molar-refractivity contribution in [3.05, 3.63) is 64.1 Å². The van der Waals surface area contributed by atoms with Crippen LogP contribution >= 0.6 is 15.9 Å². The molecule has 2 aromatic carbocycles. The average Bonchev–Trinajstić information content (AvgIpc) is 2.73. The molecule has 6 nitrogen and oxygen atoms in total. The maximum absolute atomic E-state index is 12.8. The molecular weight excluding hydrogens is 444 g/mol. The molecule has 8 heteroatoms. The van der Waals surface area contributed by atoms with E-state index in [1.54, 1.807) is 29.2 Å². The molecular formula is C20H19BrN2O4S. The van der Waals surface area contributed by atoms with Crippen LogP contribution in [0.1, 0.15) is 5.56 Å². The molecule has 1 saturated heterocycles. The molecule has 2 aliphatic rings. The van der Waals surface area contributed by atoms with Crippen molar-refractivity contribution >= 4 is 37.9 Å². The second-order valence-corrected chi connectivity index (χ2v) is 9.50. The van der Waals surface area contributed by atoms with Gasteiger partial charge in [-0.25, -0.2) is 8.42 Å².